The van der Waals surface area contributed by atoms with Gasteiger partial charge in [-0.25, -0.2) is 0 Å². The monoisotopic (exact) mass is 392 g/mol. The second kappa shape index (κ2) is 8.21. The SMILES string of the molecule is COc1ccc(O)c(CO[Si](c2ccccc2)(c2ccccc2)C(C)(C)C)c1. The maximum atomic E-state index is 10.4. The Hall–Kier alpha value is -2.56. The lowest BCUT2D eigenvalue weighted by Gasteiger charge is -2.43. The molecule has 3 aromatic carbocycles. The fourth-order valence-electron chi connectivity index (χ4n) is 3.75. The molecule has 0 heterocycles. The lowest BCUT2D eigenvalue weighted by molar-refractivity contribution is 0.279. The van der Waals surface area contributed by atoms with Crippen LogP contribution in [0.1, 0.15) is 26.3 Å². The smallest absolute Gasteiger partial charge is 0.261 e. The molecule has 0 aliphatic heterocycles. The fraction of sp³-hybridized carbons (Fsp3) is 0.250. The summed E-state index contributed by atoms with van der Waals surface area (Å²) < 4.78 is 12.2. The highest BCUT2D eigenvalue weighted by molar-refractivity contribution is 6.99. The van der Waals surface area contributed by atoms with Gasteiger partial charge in [0.2, 0.25) is 0 Å². The van der Waals surface area contributed by atoms with E-state index in [1.165, 1.54) is 10.4 Å². The Morgan fingerprint density at radius 1 is 0.821 bits per heavy atom. The summed E-state index contributed by atoms with van der Waals surface area (Å²) >= 11 is 0. The number of benzene rings is 3. The molecule has 0 bridgehead atoms. The van der Waals surface area contributed by atoms with Gasteiger partial charge in [0.15, 0.2) is 0 Å². The van der Waals surface area contributed by atoms with Crippen molar-refractivity contribution in [1.82, 2.24) is 0 Å². The van der Waals surface area contributed by atoms with Crippen molar-refractivity contribution in [3.05, 3.63) is 84.4 Å². The van der Waals surface area contributed by atoms with Crippen molar-refractivity contribution in [2.45, 2.75) is 32.4 Å². The molecule has 0 fully saturated rings. The summed E-state index contributed by atoms with van der Waals surface area (Å²) in [7, 11) is -1.01. The number of aromatic hydroxyl groups is 1. The Morgan fingerprint density at radius 2 is 1.36 bits per heavy atom. The minimum absolute atomic E-state index is 0.107. The molecule has 0 amide bonds. The maximum absolute atomic E-state index is 10.4. The first-order valence-corrected chi connectivity index (χ1v) is 11.4. The minimum Gasteiger partial charge on any atom is -0.508 e. The molecular formula is C24H28O3Si. The molecule has 3 rings (SSSR count). The van der Waals surface area contributed by atoms with Gasteiger partial charge in [-0.2, -0.15) is 0 Å². The van der Waals surface area contributed by atoms with Gasteiger partial charge in [-0.15, -0.1) is 0 Å². The normalized spacial score (nSPS) is 12.0. The van der Waals surface area contributed by atoms with Crippen LogP contribution in [0.4, 0.5) is 0 Å². The molecule has 0 aromatic heterocycles. The highest BCUT2D eigenvalue weighted by Gasteiger charge is 2.50. The van der Waals surface area contributed by atoms with Gasteiger partial charge in [-0.1, -0.05) is 81.4 Å². The largest absolute Gasteiger partial charge is 0.508 e. The highest BCUT2D eigenvalue weighted by atomic mass is 28.4. The lowest BCUT2D eigenvalue weighted by Crippen LogP contribution is -2.66. The van der Waals surface area contributed by atoms with Crippen molar-refractivity contribution < 1.29 is 14.3 Å². The second-order valence-corrected chi connectivity index (χ2v) is 12.3. The first-order valence-electron chi connectivity index (χ1n) is 9.49. The van der Waals surface area contributed by atoms with Crippen molar-refractivity contribution in [3.8, 4) is 11.5 Å². The molecular weight excluding hydrogens is 364 g/mol. The van der Waals surface area contributed by atoms with Crippen LogP contribution in [0.2, 0.25) is 5.04 Å². The molecule has 0 saturated carbocycles. The van der Waals surface area contributed by atoms with E-state index in [9.17, 15) is 5.11 Å². The van der Waals surface area contributed by atoms with Gasteiger partial charge in [-0.3, -0.25) is 0 Å². The number of hydrogen-bond donors (Lipinski definition) is 1. The van der Waals surface area contributed by atoms with E-state index in [2.05, 4.69) is 69.3 Å². The van der Waals surface area contributed by atoms with Crippen LogP contribution in [-0.4, -0.2) is 20.5 Å². The van der Waals surface area contributed by atoms with Crippen molar-refractivity contribution in [2.24, 2.45) is 0 Å². The summed E-state index contributed by atoms with van der Waals surface area (Å²) in [6.07, 6.45) is 0. The fourth-order valence-corrected chi connectivity index (χ4v) is 8.28. The Bertz CT molecular complexity index is 863. The van der Waals surface area contributed by atoms with E-state index < -0.39 is 8.32 Å². The third-order valence-corrected chi connectivity index (χ3v) is 10.1. The van der Waals surface area contributed by atoms with Crippen LogP contribution in [0.25, 0.3) is 0 Å². The van der Waals surface area contributed by atoms with E-state index in [4.69, 9.17) is 9.16 Å². The van der Waals surface area contributed by atoms with Gasteiger partial charge in [0.05, 0.1) is 13.7 Å². The molecule has 4 heteroatoms. The van der Waals surface area contributed by atoms with E-state index in [1.54, 1.807) is 19.2 Å². The van der Waals surface area contributed by atoms with Crippen LogP contribution in [0.5, 0.6) is 11.5 Å². The summed E-state index contributed by atoms with van der Waals surface area (Å²) in [5.74, 6) is 0.928. The highest BCUT2D eigenvalue weighted by Crippen LogP contribution is 2.38. The zero-order valence-corrected chi connectivity index (χ0v) is 18.0. The van der Waals surface area contributed by atoms with Gasteiger partial charge in [0.1, 0.15) is 11.5 Å². The number of methoxy groups -OCH3 is 1. The molecule has 0 spiro atoms. The Kier molecular flexibility index (Phi) is 5.92. The Morgan fingerprint density at radius 3 is 1.82 bits per heavy atom. The molecule has 0 unspecified atom stereocenters. The van der Waals surface area contributed by atoms with Gasteiger partial charge in [0, 0.05) is 5.56 Å². The van der Waals surface area contributed by atoms with Gasteiger partial charge in [0.25, 0.3) is 8.32 Å². The summed E-state index contributed by atoms with van der Waals surface area (Å²) in [6, 6.07) is 26.2. The van der Waals surface area contributed by atoms with Crippen molar-refractivity contribution in [3.63, 3.8) is 0 Å². The number of hydrogen-bond acceptors (Lipinski definition) is 3. The summed E-state index contributed by atoms with van der Waals surface area (Å²) in [6.45, 7) is 7.04. The third kappa shape index (κ3) is 3.84. The average Bonchev–Trinajstić information content (AvgIpc) is 2.70. The average molecular weight is 393 g/mol. The topological polar surface area (TPSA) is 38.7 Å². The van der Waals surface area contributed by atoms with E-state index in [-0.39, 0.29) is 10.8 Å². The van der Waals surface area contributed by atoms with Crippen LogP contribution in [0.3, 0.4) is 0 Å². The van der Waals surface area contributed by atoms with Crippen LogP contribution >= 0.6 is 0 Å². The Labute approximate surface area is 168 Å². The summed E-state index contributed by atoms with van der Waals surface area (Å²) in [5.41, 5.74) is 0.729. The summed E-state index contributed by atoms with van der Waals surface area (Å²) in [5, 5.41) is 12.7. The molecule has 0 atom stereocenters. The van der Waals surface area contributed by atoms with Crippen molar-refractivity contribution in [2.75, 3.05) is 7.11 Å². The van der Waals surface area contributed by atoms with Crippen molar-refractivity contribution >= 4 is 18.7 Å². The standard InChI is InChI=1S/C24H28O3Si/c1-24(2,3)28(21-11-7-5-8-12-21,22-13-9-6-10-14-22)27-18-19-17-20(26-4)15-16-23(19)25/h5-17,25H,18H2,1-4H3. The number of rotatable bonds is 6. The molecule has 28 heavy (non-hydrogen) atoms. The van der Waals surface area contributed by atoms with Gasteiger partial charge < -0.3 is 14.3 Å². The maximum Gasteiger partial charge on any atom is 0.261 e. The predicted octanol–water partition coefficient (Wildman–Crippen LogP) is 4.48. The number of phenols is 1. The molecule has 0 aliphatic carbocycles. The Balaban J connectivity index is 2.11. The number of phenolic OH excluding ortho intramolecular Hbond substituents is 1. The van der Waals surface area contributed by atoms with Crippen LogP contribution in [0, 0.1) is 0 Å². The molecule has 0 aliphatic rings. The third-order valence-electron chi connectivity index (χ3n) is 5.15. The molecule has 1 N–H and O–H groups in total. The molecule has 3 nitrogen and oxygen atoms in total. The van der Waals surface area contributed by atoms with Crippen molar-refractivity contribution in [1.29, 1.82) is 0 Å². The lowest BCUT2D eigenvalue weighted by atomic mass is 10.2. The predicted molar refractivity (Wildman–Crippen MR) is 117 cm³/mol. The molecule has 146 valence electrons. The van der Waals surface area contributed by atoms with Gasteiger partial charge >= 0.3 is 0 Å². The molecule has 0 saturated heterocycles. The molecule has 0 radical (unpaired) electrons. The number of ether oxygens (including phenoxy) is 1. The van der Waals surface area contributed by atoms with Crippen LogP contribution < -0.4 is 15.1 Å². The van der Waals surface area contributed by atoms with E-state index in [0.29, 0.717) is 12.4 Å². The second-order valence-electron chi connectivity index (χ2n) is 7.95. The van der Waals surface area contributed by atoms with Crippen LogP contribution in [-0.2, 0) is 11.0 Å². The van der Waals surface area contributed by atoms with Gasteiger partial charge in [-0.05, 0) is 33.6 Å². The van der Waals surface area contributed by atoms with Crippen LogP contribution in [0.15, 0.2) is 78.9 Å². The first kappa shape index (κ1) is 20.2. The zero-order chi connectivity index (χ0) is 20.2. The molecule has 3 aromatic rings. The van der Waals surface area contributed by atoms with E-state index in [1.807, 2.05) is 18.2 Å². The first-order chi connectivity index (χ1) is 13.4. The summed E-state index contributed by atoms with van der Waals surface area (Å²) in [4.78, 5) is 0. The van der Waals surface area contributed by atoms with E-state index in [0.717, 1.165) is 5.56 Å². The zero-order valence-electron chi connectivity index (χ0n) is 17.0. The minimum atomic E-state index is -2.63. The quantitative estimate of drug-likeness (QED) is 0.629. The van der Waals surface area contributed by atoms with E-state index >= 15 is 0 Å².